The number of ether oxygens (including phenoxy) is 1. The summed E-state index contributed by atoms with van der Waals surface area (Å²) in [6.07, 6.45) is 3.30. The van der Waals surface area contributed by atoms with E-state index in [2.05, 4.69) is 41.3 Å². The Hall–Kier alpha value is -3.72. The highest BCUT2D eigenvalue weighted by Crippen LogP contribution is 2.34. The highest BCUT2D eigenvalue weighted by Gasteiger charge is 2.30. The van der Waals surface area contributed by atoms with Crippen molar-refractivity contribution < 1.29 is 19.4 Å². The molecule has 2 heterocycles. The molecule has 2 N–H and O–H groups in total. The minimum Gasteiger partial charge on any atom is -0.489 e. The second kappa shape index (κ2) is 12.7. The van der Waals surface area contributed by atoms with Crippen molar-refractivity contribution in [2.75, 3.05) is 19.6 Å². The first kappa shape index (κ1) is 30.3. The highest BCUT2D eigenvalue weighted by molar-refractivity contribution is 6.42. The molecule has 2 unspecified atom stereocenters. The maximum Gasteiger partial charge on any atom is 0.292 e. The van der Waals surface area contributed by atoms with Crippen LogP contribution in [0.4, 0.5) is 0 Å². The van der Waals surface area contributed by atoms with Gasteiger partial charge in [-0.25, -0.2) is 0 Å². The third-order valence-electron chi connectivity index (χ3n) is 8.53. The van der Waals surface area contributed by atoms with Crippen LogP contribution in [0.3, 0.4) is 0 Å². The number of hydrogen-bond donors (Lipinski definition) is 2. The van der Waals surface area contributed by atoms with Gasteiger partial charge in [-0.1, -0.05) is 48.0 Å². The van der Waals surface area contributed by atoms with Gasteiger partial charge in [-0.05, 0) is 100 Å². The molecule has 4 aromatic rings. The molecule has 1 aliphatic heterocycles. The maximum atomic E-state index is 13.3. The van der Waals surface area contributed by atoms with Crippen molar-refractivity contribution in [3.8, 4) is 16.9 Å². The van der Waals surface area contributed by atoms with Gasteiger partial charge in [0.1, 0.15) is 11.9 Å². The topological polar surface area (TPSA) is 96.7 Å². The average Bonchev–Trinajstić information content (AvgIpc) is 3.57. The number of hydrogen-bond acceptors (Lipinski definition) is 6. The first-order valence-corrected chi connectivity index (χ1v) is 15.9. The molecule has 44 heavy (non-hydrogen) atoms. The van der Waals surface area contributed by atoms with E-state index in [4.69, 9.17) is 16.3 Å². The zero-order valence-electron chi connectivity index (χ0n) is 25.4. The van der Waals surface area contributed by atoms with Crippen LogP contribution < -0.4 is 10.1 Å². The predicted molar refractivity (Wildman–Crippen MR) is 172 cm³/mol. The molecular formula is C35H39ClN4O4. The van der Waals surface area contributed by atoms with Gasteiger partial charge in [0.15, 0.2) is 0 Å². The van der Waals surface area contributed by atoms with E-state index in [1.54, 1.807) is 30.3 Å². The van der Waals surface area contributed by atoms with Crippen LogP contribution in [0.1, 0.15) is 73.3 Å². The number of carbonyl (C=O) groups excluding carboxylic acids is 2. The second-order valence-electron chi connectivity index (χ2n) is 12.3. The SMILES string of the molecule is Cc1nn(C(C)C)c2ccc(-c3ccc(C(=O)C(=O)NC(CN4CCCC4)C(O)c4ccc(OC5CC5)c(Cl)c4)cc3)cc12. The van der Waals surface area contributed by atoms with Gasteiger partial charge in [0.25, 0.3) is 5.91 Å². The van der Waals surface area contributed by atoms with E-state index in [1.807, 2.05) is 29.8 Å². The van der Waals surface area contributed by atoms with Crippen LogP contribution in [0, 0.1) is 6.92 Å². The molecule has 2 aliphatic rings. The number of ketones is 1. The van der Waals surface area contributed by atoms with Gasteiger partial charge in [0.2, 0.25) is 5.78 Å². The standard InChI is InChI=1S/C35H39ClN4O4/c1-21(2)40-31-14-10-25(18-28(31)22(3)38-40)23-6-8-24(9-7-23)34(42)35(43)37-30(20-39-16-4-5-17-39)33(41)26-11-15-32(29(36)19-26)44-27-12-13-27/h6-11,14-15,18-19,21,27,30,33,41H,4-5,12-13,16-17,20H2,1-3H3,(H,37,43). The molecule has 3 aromatic carbocycles. The number of amides is 1. The van der Waals surface area contributed by atoms with E-state index in [9.17, 15) is 14.7 Å². The monoisotopic (exact) mass is 614 g/mol. The largest absolute Gasteiger partial charge is 0.489 e. The molecule has 1 saturated carbocycles. The van der Waals surface area contributed by atoms with Crippen molar-refractivity contribution in [1.29, 1.82) is 0 Å². The number of carbonyl (C=O) groups is 2. The van der Waals surface area contributed by atoms with Gasteiger partial charge in [0, 0.05) is 23.5 Å². The van der Waals surface area contributed by atoms with Gasteiger partial charge < -0.3 is 20.1 Å². The van der Waals surface area contributed by atoms with Crippen molar-refractivity contribution in [1.82, 2.24) is 20.0 Å². The lowest BCUT2D eigenvalue weighted by Gasteiger charge is -2.28. The molecule has 0 spiro atoms. The number of nitrogens with zero attached hydrogens (tertiary/aromatic N) is 3. The minimum absolute atomic E-state index is 0.202. The Morgan fingerprint density at radius 3 is 2.39 bits per heavy atom. The molecule has 230 valence electrons. The van der Waals surface area contributed by atoms with Crippen molar-refractivity contribution >= 4 is 34.2 Å². The number of aryl methyl sites for hydroxylation is 1. The molecule has 9 heteroatoms. The van der Waals surface area contributed by atoms with Gasteiger partial charge >= 0.3 is 0 Å². The zero-order valence-corrected chi connectivity index (χ0v) is 26.2. The molecule has 1 amide bonds. The Morgan fingerprint density at radius 2 is 1.73 bits per heavy atom. The Morgan fingerprint density at radius 1 is 1.02 bits per heavy atom. The van der Waals surface area contributed by atoms with Gasteiger partial charge in [-0.15, -0.1) is 0 Å². The second-order valence-corrected chi connectivity index (χ2v) is 12.7. The summed E-state index contributed by atoms with van der Waals surface area (Å²) in [4.78, 5) is 28.7. The fourth-order valence-electron chi connectivity index (χ4n) is 5.91. The van der Waals surface area contributed by atoms with E-state index < -0.39 is 23.8 Å². The van der Waals surface area contributed by atoms with Crippen LogP contribution in [-0.4, -0.2) is 63.3 Å². The summed E-state index contributed by atoms with van der Waals surface area (Å²) in [6.45, 7) is 8.41. The van der Waals surface area contributed by atoms with Crippen LogP contribution in [0.15, 0.2) is 60.7 Å². The molecule has 1 aliphatic carbocycles. The molecule has 2 fully saturated rings. The summed E-state index contributed by atoms with van der Waals surface area (Å²) < 4.78 is 7.86. The lowest BCUT2D eigenvalue weighted by molar-refractivity contribution is -0.118. The van der Waals surface area contributed by atoms with Crippen molar-refractivity contribution in [3.63, 3.8) is 0 Å². The number of nitrogens with one attached hydrogen (secondary N) is 1. The molecule has 8 nitrogen and oxygen atoms in total. The van der Waals surface area contributed by atoms with Gasteiger partial charge in [-0.2, -0.15) is 5.10 Å². The molecule has 0 radical (unpaired) electrons. The van der Waals surface area contributed by atoms with Crippen LogP contribution in [0.25, 0.3) is 22.0 Å². The third kappa shape index (κ3) is 6.53. The summed E-state index contributed by atoms with van der Waals surface area (Å²) in [5.74, 6) is -0.811. The Labute approximate surface area is 263 Å². The van der Waals surface area contributed by atoms with E-state index in [-0.39, 0.29) is 17.7 Å². The molecule has 0 bridgehead atoms. The molecule has 6 rings (SSSR count). The summed E-state index contributed by atoms with van der Waals surface area (Å²) in [5.41, 5.74) is 4.85. The molecule has 2 atom stereocenters. The number of rotatable bonds is 11. The smallest absolute Gasteiger partial charge is 0.292 e. The molecule has 1 aromatic heterocycles. The van der Waals surface area contributed by atoms with Crippen molar-refractivity contribution in [3.05, 3.63) is 82.5 Å². The number of aliphatic hydroxyl groups is 1. The van der Waals surface area contributed by atoms with Crippen LogP contribution >= 0.6 is 11.6 Å². The van der Waals surface area contributed by atoms with E-state index in [1.165, 1.54) is 0 Å². The van der Waals surface area contributed by atoms with E-state index in [0.29, 0.717) is 22.9 Å². The maximum absolute atomic E-state index is 13.3. The summed E-state index contributed by atoms with van der Waals surface area (Å²) in [5, 5.41) is 20.4. The number of aliphatic hydroxyl groups excluding tert-OH is 1. The Balaban J connectivity index is 1.17. The van der Waals surface area contributed by atoms with Crippen LogP contribution in [0.5, 0.6) is 5.75 Å². The van der Waals surface area contributed by atoms with Crippen LogP contribution in [-0.2, 0) is 4.79 Å². The van der Waals surface area contributed by atoms with Gasteiger partial charge in [-0.3, -0.25) is 14.3 Å². The fraction of sp³-hybridized carbons (Fsp3) is 0.400. The number of halogens is 1. The number of Topliss-reactive ketones (excluding diaryl/α,β-unsaturated/α-hetero) is 1. The predicted octanol–water partition coefficient (Wildman–Crippen LogP) is 6.28. The van der Waals surface area contributed by atoms with E-state index >= 15 is 0 Å². The lowest BCUT2D eigenvalue weighted by atomic mass is 9.99. The summed E-state index contributed by atoms with van der Waals surface area (Å²) in [7, 11) is 0. The van der Waals surface area contributed by atoms with Crippen molar-refractivity contribution in [2.24, 2.45) is 0 Å². The zero-order chi connectivity index (χ0) is 31.0. The summed E-state index contributed by atoms with van der Waals surface area (Å²) >= 11 is 6.47. The number of fused-ring (bicyclic) bond motifs is 1. The van der Waals surface area contributed by atoms with Crippen molar-refractivity contribution in [2.45, 2.75) is 70.7 Å². The summed E-state index contributed by atoms with van der Waals surface area (Å²) in [6, 6.07) is 18.1. The quantitative estimate of drug-likeness (QED) is 0.152. The van der Waals surface area contributed by atoms with E-state index in [0.717, 1.165) is 66.5 Å². The first-order chi connectivity index (χ1) is 21.2. The average molecular weight is 615 g/mol. The lowest BCUT2D eigenvalue weighted by Crippen LogP contribution is -2.48. The Kier molecular flexibility index (Phi) is 8.76. The number of likely N-dealkylation sites (tertiary alicyclic amines) is 1. The highest BCUT2D eigenvalue weighted by atomic mass is 35.5. The molecule has 1 saturated heterocycles. The third-order valence-corrected chi connectivity index (χ3v) is 8.83. The first-order valence-electron chi connectivity index (χ1n) is 15.5. The number of aromatic nitrogens is 2. The minimum atomic E-state index is -1.05. The number of benzene rings is 3. The molecular weight excluding hydrogens is 576 g/mol. The Bertz CT molecular complexity index is 1670. The normalized spacial score (nSPS) is 16.8. The van der Waals surface area contributed by atoms with Crippen LogP contribution in [0.2, 0.25) is 5.02 Å². The van der Waals surface area contributed by atoms with Gasteiger partial charge in [0.05, 0.1) is 28.4 Å². The fourth-order valence-corrected chi connectivity index (χ4v) is 6.14.